The highest BCUT2D eigenvalue weighted by Gasteiger charge is 2.01. The van der Waals surface area contributed by atoms with Gasteiger partial charge in [-0.05, 0) is 36.9 Å². The van der Waals surface area contributed by atoms with E-state index >= 15 is 0 Å². The third-order valence-corrected chi connectivity index (χ3v) is 2.48. The lowest BCUT2D eigenvalue weighted by Crippen LogP contribution is -2.08. The first-order chi connectivity index (χ1) is 6.74. The molecule has 1 aromatic rings. The first kappa shape index (κ1) is 11.3. The van der Waals surface area contributed by atoms with Gasteiger partial charge in [-0.15, -0.1) is 0 Å². The molecular weight excluding hydrogens is 170 g/mol. The number of aryl methyl sites for hydroxylation is 1. The maximum absolute atomic E-state index is 3.21. The molecule has 0 atom stereocenters. The summed E-state index contributed by atoms with van der Waals surface area (Å²) < 4.78 is 0. The van der Waals surface area contributed by atoms with Gasteiger partial charge in [0.05, 0.1) is 0 Å². The van der Waals surface area contributed by atoms with Crippen LogP contribution in [0.4, 0.5) is 0 Å². The number of nitrogens with one attached hydrogen (secondary N) is 1. The van der Waals surface area contributed by atoms with E-state index in [2.05, 4.69) is 43.4 Å². The molecule has 0 unspecified atom stereocenters. The van der Waals surface area contributed by atoms with E-state index in [9.17, 15) is 0 Å². The van der Waals surface area contributed by atoms with Crippen molar-refractivity contribution in [1.29, 1.82) is 0 Å². The van der Waals surface area contributed by atoms with E-state index < -0.39 is 0 Å². The van der Waals surface area contributed by atoms with E-state index in [1.165, 1.54) is 24.0 Å². The molecule has 0 aliphatic rings. The lowest BCUT2D eigenvalue weighted by atomic mass is 9.98. The first-order valence-electron chi connectivity index (χ1n) is 5.45. The monoisotopic (exact) mass is 191 g/mol. The third kappa shape index (κ3) is 3.51. The van der Waals surface area contributed by atoms with Gasteiger partial charge in [-0.1, -0.05) is 38.1 Å². The number of rotatable bonds is 5. The minimum Gasteiger partial charge on any atom is -0.316 e. The molecule has 1 heteroatoms. The molecule has 0 amide bonds. The van der Waals surface area contributed by atoms with Gasteiger partial charge in [-0.25, -0.2) is 0 Å². The van der Waals surface area contributed by atoms with E-state index in [0.29, 0.717) is 0 Å². The molecule has 0 aliphatic heterocycles. The lowest BCUT2D eigenvalue weighted by molar-refractivity contribution is 0.584. The van der Waals surface area contributed by atoms with E-state index in [4.69, 9.17) is 0 Å². The van der Waals surface area contributed by atoms with Gasteiger partial charge >= 0.3 is 0 Å². The molecule has 0 aromatic heterocycles. The minimum atomic E-state index is 0.789. The summed E-state index contributed by atoms with van der Waals surface area (Å²) in [4.78, 5) is 0. The van der Waals surface area contributed by atoms with Crippen LogP contribution in [0.1, 0.15) is 31.4 Å². The van der Waals surface area contributed by atoms with E-state index in [0.717, 1.165) is 12.5 Å². The summed E-state index contributed by atoms with van der Waals surface area (Å²) >= 11 is 0. The zero-order valence-electron chi connectivity index (χ0n) is 9.51. The van der Waals surface area contributed by atoms with Crippen LogP contribution in [0.2, 0.25) is 0 Å². The van der Waals surface area contributed by atoms with Crippen molar-refractivity contribution in [3.8, 4) is 0 Å². The second-order valence-electron chi connectivity index (χ2n) is 4.23. The lowest BCUT2D eigenvalue weighted by Gasteiger charge is -2.10. The Hall–Kier alpha value is -0.820. The highest BCUT2D eigenvalue weighted by Crippen LogP contribution is 2.13. The van der Waals surface area contributed by atoms with Crippen molar-refractivity contribution in [2.24, 2.45) is 5.92 Å². The summed E-state index contributed by atoms with van der Waals surface area (Å²) in [5.74, 6) is 0.789. The van der Waals surface area contributed by atoms with Gasteiger partial charge in [0, 0.05) is 6.54 Å². The summed E-state index contributed by atoms with van der Waals surface area (Å²) in [6, 6.07) is 8.71. The van der Waals surface area contributed by atoms with Crippen LogP contribution in [-0.2, 0) is 13.0 Å². The molecule has 1 rings (SSSR count). The van der Waals surface area contributed by atoms with Crippen molar-refractivity contribution in [1.82, 2.24) is 5.32 Å². The van der Waals surface area contributed by atoms with E-state index in [-0.39, 0.29) is 0 Å². The van der Waals surface area contributed by atoms with Crippen LogP contribution in [-0.4, -0.2) is 7.05 Å². The number of benzene rings is 1. The van der Waals surface area contributed by atoms with E-state index in [1.54, 1.807) is 0 Å². The molecule has 0 radical (unpaired) electrons. The predicted octanol–water partition coefficient (Wildman–Crippen LogP) is 2.99. The van der Waals surface area contributed by atoms with Gasteiger partial charge in [-0.2, -0.15) is 0 Å². The van der Waals surface area contributed by atoms with Crippen LogP contribution < -0.4 is 5.32 Å². The zero-order chi connectivity index (χ0) is 10.4. The fraction of sp³-hybridized carbons (Fsp3) is 0.538. The molecule has 14 heavy (non-hydrogen) atoms. The van der Waals surface area contributed by atoms with Crippen LogP contribution in [0.25, 0.3) is 0 Å². The van der Waals surface area contributed by atoms with Crippen LogP contribution in [0.5, 0.6) is 0 Å². The molecule has 1 nitrogen and oxygen atoms in total. The Labute approximate surface area is 87.5 Å². The number of hydrogen-bond acceptors (Lipinski definition) is 1. The smallest absolute Gasteiger partial charge is 0.0205 e. The van der Waals surface area contributed by atoms with Crippen molar-refractivity contribution >= 4 is 0 Å². The molecule has 0 saturated carbocycles. The highest BCUT2D eigenvalue weighted by atomic mass is 14.8. The number of hydrogen-bond donors (Lipinski definition) is 1. The second kappa shape index (κ2) is 5.82. The summed E-state index contributed by atoms with van der Waals surface area (Å²) in [6.07, 6.45) is 2.48. The SMILES string of the molecule is CNCc1ccccc1CCC(C)C. The molecule has 0 aliphatic carbocycles. The normalized spacial score (nSPS) is 10.9. The largest absolute Gasteiger partial charge is 0.316 e. The Morgan fingerprint density at radius 2 is 1.79 bits per heavy atom. The summed E-state index contributed by atoms with van der Waals surface area (Å²) in [7, 11) is 2.00. The summed E-state index contributed by atoms with van der Waals surface area (Å²) in [6.45, 7) is 5.54. The Morgan fingerprint density at radius 3 is 2.36 bits per heavy atom. The molecule has 0 heterocycles. The Morgan fingerprint density at radius 1 is 1.14 bits per heavy atom. The van der Waals surface area contributed by atoms with Gasteiger partial charge in [0.2, 0.25) is 0 Å². The van der Waals surface area contributed by atoms with Crippen LogP contribution >= 0.6 is 0 Å². The standard InChI is InChI=1S/C13H21N/c1-11(2)8-9-12-6-4-5-7-13(12)10-14-3/h4-7,11,14H,8-10H2,1-3H3. The maximum Gasteiger partial charge on any atom is 0.0205 e. The fourth-order valence-electron chi connectivity index (χ4n) is 1.61. The summed E-state index contributed by atoms with van der Waals surface area (Å²) in [5.41, 5.74) is 2.94. The Balaban J connectivity index is 2.64. The average Bonchev–Trinajstić information content (AvgIpc) is 2.17. The average molecular weight is 191 g/mol. The van der Waals surface area contributed by atoms with Crippen LogP contribution in [0.3, 0.4) is 0 Å². The van der Waals surface area contributed by atoms with Gasteiger partial charge in [0.25, 0.3) is 0 Å². The Kier molecular flexibility index (Phi) is 4.68. The van der Waals surface area contributed by atoms with Gasteiger partial charge in [0.1, 0.15) is 0 Å². The molecule has 78 valence electrons. The minimum absolute atomic E-state index is 0.789. The predicted molar refractivity (Wildman–Crippen MR) is 62.4 cm³/mol. The maximum atomic E-state index is 3.21. The molecule has 0 saturated heterocycles. The first-order valence-corrected chi connectivity index (χ1v) is 5.45. The molecule has 0 spiro atoms. The quantitative estimate of drug-likeness (QED) is 0.754. The van der Waals surface area contributed by atoms with Gasteiger partial charge in [0.15, 0.2) is 0 Å². The van der Waals surface area contributed by atoms with Crippen molar-refractivity contribution < 1.29 is 0 Å². The van der Waals surface area contributed by atoms with Crippen molar-refractivity contribution in [2.45, 2.75) is 33.2 Å². The zero-order valence-corrected chi connectivity index (χ0v) is 9.51. The van der Waals surface area contributed by atoms with E-state index in [1.807, 2.05) is 7.05 Å². The van der Waals surface area contributed by atoms with Crippen LogP contribution in [0, 0.1) is 5.92 Å². The summed E-state index contributed by atoms with van der Waals surface area (Å²) in [5, 5.41) is 3.21. The topological polar surface area (TPSA) is 12.0 Å². The second-order valence-corrected chi connectivity index (χ2v) is 4.23. The molecule has 0 fully saturated rings. The van der Waals surface area contributed by atoms with Crippen molar-refractivity contribution in [3.63, 3.8) is 0 Å². The van der Waals surface area contributed by atoms with Crippen LogP contribution in [0.15, 0.2) is 24.3 Å². The Bertz CT molecular complexity index is 266. The highest BCUT2D eigenvalue weighted by molar-refractivity contribution is 5.27. The molecule has 0 bridgehead atoms. The van der Waals surface area contributed by atoms with Gasteiger partial charge in [-0.3, -0.25) is 0 Å². The molecule has 1 aromatic carbocycles. The van der Waals surface area contributed by atoms with Crippen molar-refractivity contribution in [3.05, 3.63) is 35.4 Å². The molecular formula is C13H21N. The fourth-order valence-corrected chi connectivity index (χ4v) is 1.61. The third-order valence-electron chi connectivity index (χ3n) is 2.48. The van der Waals surface area contributed by atoms with Gasteiger partial charge < -0.3 is 5.32 Å². The van der Waals surface area contributed by atoms with Crippen molar-refractivity contribution in [2.75, 3.05) is 7.05 Å². The molecule has 1 N–H and O–H groups in total.